The summed E-state index contributed by atoms with van der Waals surface area (Å²) < 4.78 is 36.6. The maximum Gasteiger partial charge on any atom is 0.344 e. The van der Waals surface area contributed by atoms with E-state index in [1.165, 1.54) is 37.4 Å². The molecule has 33 heavy (non-hydrogen) atoms. The predicted octanol–water partition coefficient (Wildman–Crippen LogP) is 2.37. The van der Waals surface area contributed by atoms with E-state index in [2.05, 4.69) is 10.6 Å². The largest absolute Gasteiger partial charge is 0.482 e. The Labute approximate surface area is 196 Å². The summed E-state index contributed by atoms with van der Waals surface area (Å²) in [6.07, 6.45) is 0.773. The van der Waals surface area contributed by atoms with E-state index in [1.54, 1.807) is 11.4 Å². The van der Waals surface area contributed by atoms with Crippen LogP contribution in [0, 0.1) is 5.92 Å². The number of anilines is 1. The smallest absolute Gasteiger partial charge is 0.344 e. The lowest BCUT2D eigenvalue weighted by atomic mass is 10.1. The molecule has 0 fully saturated rings. The molecule has 2 rings (SSSR count). The molecule has 0 spiro atoms. The summed E-state index contributed by atoms with van der Waals surface area (Å²) in [5.41, 5.74) is 0.418. The van der Waals surface area contributed by atoms with Crippen molar-refractivity contribution >= 4 is 45.0 Å². The Hall–Kier alpha value is -3.12. The van der Waals surface area contributed by atoms with Crippen molar-refractivity contribution in [3.63, 3.8) is 0 Å². The van der Waals surface area contributed by atoms with E-state index in [1.807, 2.05) is 13.8 Å². The number of imide groups is 1. The molecule has 0 radical (unpaired) electrons. The molecule has 0 bridgehead atoms. The molecular formula is C21H27N3O7S2. The highest BCUT2D eigenvalue weighted by Gasteiger charge is 2.22. The molecule has 1 aromatic carbocycles. The topological polar surface area (TPSA) is 131 Å². The molecule has 3 amide bonds. The van der Waals surface area contributed by atoms with E-state index in [-0.39, 0.29) is 4.21 Å². The van der Waals surface area contributed by atoms with Gasteiger partial charge < -0.3 is 14.8 Å². The second kappa shape index (κ2) is 12.2. The fraction of sp³-hybridized carbons (Fsp3) is 0.381. The van der Waals surface area contributed by atoms with Gasteiger partial charge in [0.25, 0.3) is 15.9 Å². The number of carbonyl (C=O) groups is 3. The van der Waals surface area contributed by atoms with Gasteiger partial charge in [0.05, 0.1) is 5.69 Å². The molecule has 0 atom stereocenters. The Morgan fingerprint density at radius 3 is 2.39 bits per heavy atom. The summed E-state index contributed by atoms with van der Waals surface area (Å²) >= 11 is 1.12. The highest BCUT2D eigenvalue weighted by Crippen LogP contribution is 2.26. The van der Waals surface area contributed by atoms with Crippen LogP contribution >= 0.6 is 11.3 Å². The molecule has 0 saturated heterocycles. The Morgan fingerprint density at radius 2 is 1.79 bits per heavy atom. The van der Waals surface area contributed by atoms with E-state index in [9.17, 15) is 22.8 Å². The average molecular weight is 498 g/mol. The van der Waals surface area contributed by atoms with Crippen molar-refractivity contribution in [3.05, 3.63) is 41.8 Å². The summed E-state index contributed by atoms with van der Waals surface area (Å²) in [6.45, 7) is 3.37. The summed E-state index contributed by atoms with van der Waals surface area (Å²) in [4.78, 5) is 35.0. The number of ether oxygens (including phenoxy) is 2. The molecule has 0 aliphatic heterocycles. The van der Waals surface area contributed by atoms with Gasteiger partial charge >= 0.3 is 12.0 Å². The first-order valence-electron chi connectivity index (χ1n) is 10.1. The predicted molar refractivity (Wildman–Crippen MR) is 124 cm³/mol. The molecule has 1 aromatic heterocycles. The van der Waals surface area contributed by atoms with Crippen molar-refractivity contribution < 1.29 is 32.3 Å². The number of carbonyl (C=O) groups excluding carboxylic acids is 3. The van der Waals surface area contributed by atoms with Crippen molar-refractivity contribution in [3.8, 4) is 5.75 Å². The Kier molecular flexibility index (Phi) is 9.67. The van der Waals surface area contributed by atoms with Gasteiger partial charge in [0.15, 0.2) is 13.2 Å². The summed E-state index contributed by atoms with van der Waals surface area (Å²) in [5.74, 6) is -0.832. The van der Waals surface area contributed by atoms with Gasteiger partial charge in [-0.3, -0.25) is 14.4 Å². The van der Waals surface area contributed by atoms with Crippen LogP contribution in [0.1, 0.15) is 20.3 Å². The lowest BCUT2D eigenvalue weighted by Crippen LogP contribution is -2.42. The van der Waals surface area contributed by atoms with E-state index in [0.717, 1.165) is 22.1 Å². The fourth-order valence-corrected chi connectivity index (χ4v) is 4.80. The molecule has 0 saturated carbocycles. The summed E-state index contributed by atoms with van der Waals surface area (Å²) in [5, 5.41) is 6.28. The number of hydrogen-bond donors (Lipinski definition) is 2. The number of thiophene rings is 1. The quantitative estimate of drug-likeness (QED) is 0.456. The van der Waals surface area contributed by atoms with Gasteiger partial charge in [-0.25, -0.2) is 18.0 Å². The van der Waals surface area contributed by atoms with E-state index < -0.39 is 41.1 Å². The molecule has 2 N–H and O–H groups in total. The standard InChI is InChI=1S/C21H27N3O7S2/c1-15(2)10-11-22-21(27)23-18(25)13-31-19(26)14-30-17-8-6-16(7-9-17)24(3)33(28,29)20-5-4-12-32-20/h4-9,12,15H,10-11,13-14H2,1-3H3,(H2,22,23,25,27). The van der Waals surface area contributed by atoms with Crippen molar-refractivity contribution in [2.45, 2.75) is 24.5 Å². The SMILES string of the molecule is CC(C)CCNC(=O)NC(=O)COC(=O)COc1ccc(N(C)S(=O)(=O)c2cccs2)cc1. The highest BCUT2D eigenvalue weighted by atomic mass is 32.2. The van der Waals surface area contributed by atoms with Crippen LogP contribution < -0.4 is 19.7 Å². The molecule has 180 valence electrons. The van der Waals surface area contributed by atoms with Crippen molar-refractivity contribution in [1.82, 2.24) is 10.6 Å². The maximum atomic E-state index is 12.6. The third-order valence-electron chi connectivity index (χ3n) is 4.29. The number of rotatable bonds is 11. The lowest BCUT2D eigenvalue weighted by Gasteiger charge is -2.18. The van der Waals surface area contributed by atoms with E-state index in [4.69, 9.17) is 9.47 Å². The van der Waals surface area contributed by atoms with Gasteiger partial charge in [-0.2, -0.15) is 0 Å². The molecular weight excluding hydrogens is 470 g/mol. The Morgan fingerprint density at radius 1 is 1.09 bits per heavy atom. The summed E-state index contributed by atoms with van der Waals surface area (Å²) in [6, 6.07) is 8.63. The van der Waals surface area contributed by atoms with E-state index in [0.29, 0.717) is 23.9 Å². The maximum absolute atomic E-state index is 12.6. The minimum atomic E-state index is -3.65. The van der Waals surface area contributed by atoms with Gasteiger partial charge in [-0.05, 0) is 48.1 Å². The van der Waals surface area contributed by atoms with E-state index >= 15 is 0 Å². The normalized spacial score (nSPS) is 11.0. The lowest BCUT2D eigenvalue weighted by molar-refractivity contribution is -0.150. The van der Waals surface area contributed by atoms with Gasteiger partial charge in [0.2, 0.25) is 0 Å². The molecule has 10 nitrogen and oxygen atoms in total. The highest BCUT2D eigenvalue weighted by molar-refractivity contribution is 7.94. The first kappa shape index (κ1) is 26.1. The molecule has 12 heteroatoms. The number of benzene rings is 1. The second-order valence-electron chi connectivity index (χ2n) is 7.33. The van der Waals surface area contributed by atoms with Crippen molar-refractivity contribution in [2.24, 2.45) is 5.92 Å². The Balaban J connectivity index is 1.75. The fourth-order valence-electron chi connectivity index (χ4n) is 2.45. The zero-order valence-electron chi connectivity index (χ0n) is 18.6. The van der Waals surface area contributed by atoms with Crippen molar-refractivity contribution in [2.75, 3.05) is 31.1 Å². The number of esters is 1. The zero-order chi connectivity index (χ0) is 24.4. The third kappa shape index (κ3) is 8.39. The number of amides is 3. The monoisotopic (exact) mass is 497 g/mol. The van der Waals surface area contributed by atoms with Crippen LogP contribution in [0.5, 0.6) is 5.75 Å². The van der Waals surface area contributed by atoms with Crippen LogP contribution in [-0.4, -0.2) is 53.1 Å². The number of sulfonamides is 1. The number of nitrogens with one attached hydrogen (secondary N) is 2. The third-order valence-corrected chi connectivity index (χ3v) is 7.45. The number of hydrogen-bond acceptors (Lipinski definition) is 8. The van der Waals surface area contributed by atoms with Crippen LogP contribution in [0.3, 0.4) is 0 Å². The van der Waals surface area contributed by atoms with Crippen LogP contribution in [0.2, 0.25) is 0 Å². The van der Waals surface area contributed by atoms with Crippen LogP contribution in [-0.2, 0) is 24.3 Å². The van der Waals surface area contributed by atoms with Crippen LogP contribution in [0.25, 0.3) is 0 Å². The molecule has 0 aliphatic carbocycles. The molecule has 2 aromatic rings. The molecule has 1 heterocycles. The number of urea groups is 1. The minimum Gasteiger partial charge on any atom is -0.482 e. The van der Waals surface area contributed by atoms with Crippen LogP contribution in [0.4, 0.5) is 10.5 Å². The van der Waals surface area contributed by atoms with Crippen LogP contribution in [0.15, 0.2) is 46.0 Å². The summed E-state index contributed by atoms with van der Waals surface area (Å²) in [7, 11) is -2.21. The molecule has 0 aliphatic rings. The second-order valence-corrected chi connectivity index (χ2v) is 10.5. The minimum absolute atomic E-state index is 0.227. The van der Waals surface area contributed by atoms with Gasteiger partial charge in [0, 0.05) is 13.6 Å². The first-order valence-corrected chi connectivity index (χ1v) is 12.4. The van der Waals surface area contributed by atoms with Gasteiger partial charge in [-0.15, -0.1) is 11.3 Å². The van der Waals surface area contributed by atoms with Gasteiger partial charge in [-0.1, -0.05) is 19.9 Å². The Bertz CT molecular complexity index is 1040. The first-order chi connectivity index (χ1) is 15.6. The van der Waals surface area contributed by atoms with Gasteiger partial charge in [0.1, 0.15) is 9.96 Å². The molecule has 0 unspecified atom stereocenters. The number of nitrogens with zero attached hydrogens (tertiary/aromatic N) is 1. The van der Waals surface area contributed by atoms with Crippen molar-refractivity contribution in [1.29, 1.82) is 0 Å². The average Bonchev–Trinajstić information content (AvgIpc) is 3.32. The zero-order valence-corrected chi connectivity index (χ0v) is 20.2.